The van der Waals surface area contributed by atoms with Gasteiger partial charge in [-0.3, -0.25) is 9.10 Å². The molecule has 0 saturated carbocycles. The number of Topliss-reactive ketones (excluding diaryl/α,β-unsaturated/α-hetero) is 1. The van der Waals surface area contributed by atoms with E-state index < -0.39 is 22.6 Å². The number of methoxy groups -OCH3 is 1. The van der Waals surface area contributed by atoms with E-state index in [4.69, 9.17) is 14.2 Å². The van der Waals surface area contributed by atoms with Gasteiger partial charge in [0, 0.05) is 19.0 Å². The molecule has 1 aliphatic rings. The molecule has 9 heteroatoms. The predicted molar refractivity (Wildman–Crippen MR) is 125 cm³/mol. The quantitative estimate of drug-likeness (QED) is 0.359. The van der Waals surface area contributed by atoms with Gasteiger partial charge in [0.25, 0.3) is 10.0 Å². The topological polar surface area (TPSA) is 99.2 Å². The molecule has 0 fully saturated rings. The minimum Gasteiger partial charge on any atom is -0.497 e. The summed E-state index contributed by atoms with van der Waals surface area (Å²) in [6, 6.07) is 17.1. The smallest absolute Gasteiger partial charge is 0.338 e. The highest BCUT2D eigenvalue weighted by atomic mass is 32.2. The molecule has 0 amide bonds. The maximum Gasteiger partial charge on any atom is 0.338 e. The van der Waals surface area contributed by atoms with E-state index in [0.29, 0.717) is 23.6 Å². The average molecular weight is 482 g/mol. The highest BCUT2D eigenvalue weighted by Gasteiger charge is 2.23. The fourth-order valence-electron chi connectivity index (χ4n) is 3.53. The van der Waals surface area contributed by atoms with Crippen LogP contribution < -0.4 is 13.8 Å². The minimum atomic E-state index is -3.94. The molecular weight excluding hydrogens is 458 g/mol. The molecule has 0 saturated heterocycles. The maximum absolute atomic E-state index is 13.1. The zero-order chi connectivity index (χ0) is 24.3. The van der Waals surface area contributed by atoms with Crippen LogP contribution in [-0.2, 0) is 21.2 Å². The van der Waals surface area contributed by atoms with Gasteiger partial charge in [-0.05, 0) is 66.2 Å². The van der Waals surface area contributed by atoms with Crippen LogP contribution in [0.25, 0.3) is 0 Å². The van der Waals surface area contributed by atoms with Crippen molar-refractivity contribution < 1.29 is 32.2 Å². The number of rotatable bonds is 8. The number of hydrogen-bond donors (Lipinski definition) is 0. The van der Waals surface area contributed by atoms with Crippen LogP contribution in [0, 0.1) is 0 Å². The van der Waals surface area contributed by atoms with E-state index in [2.05, 4.69) is 0 Å². The molecule has 1 heterocycles. The summed E-state index contributed by atoms with van der Waals surface area (Å²) in [5, 5.41) is 0. The Morgan fingerprint density at radius 3 is 2.50 bits per heavy atom. The van der Waals surface area contributed by atoms with Crippen LogP contribution in [0.2, 0.25) is 0 Å². The predicted octanol–water partition coefficient (Wildman–Crippen LogP) is 3.49. The third-order valence-electron chi connectivity index (χ3n) is 5.51. The SMILES string of the molecule is COc1ccc(N(C)S(=O)(=O)c2cccc(C(=O)OCC(=O)c3ccc4c(c3)CCO4)c2)cc1. The first-order valence-electron chi connectivity index (χ1n) is 10.5. The summed E-state index contributed by atoms with van der Waals surface area (Å²) in [6.45, 7) is 0.121. The minimum absolute atomic E-state index is 0.0272. The van der Waals surface area contributed by atoms with Crippen molar-refractivity contribution in [2.24, 2.45) is 0 Å². The largest absolute Gasteiger partial charge is 0.497 e. The second-order valence-electron chi connectivity index (χ2n) is 7.62. The highest BCUT2D eigenvalue weighted by molar-refractivity contribution is 7.92. The third-order valence-corrected chi connectivity index (χ3v) is 7.29. The van der Waals surface area contributed by atoms with Crippen molar-refractivity contribution in [2.45, 2.75) is 11.3 Å². The monoisotopic (exact) mass is 481 g/mol. The first-order chi connectivity index (χ1) is 16.3. The number of carbonyl (C=O) groups excluding carboxylic acids is 2. The lowest BCUT2D eigenvalue weighted by molar-refractivity contribution is 0.0474. The molecule has 8 nitrogen and oxygen atoms in total. The normalized spacial score (nSPS) is 12.4. The molecule has 3 aromatic carbocycles. The van der Waals surface area contributed by atoms with Gasteiger partial charge in [0.1, 0.15) is 11.5 Å². The van der Waals surface area contributed by atoms with E-state index in [1.165, 1.54) is 38.4 Å². The Morgan fingerprint density at radius 1 is 1.00 bits per heavy atom. The van der Waals surface area contributed by atoms with Crippen molar-refractivity contribution >= 4 is 27.5 Å². The number of esters is 1. The Bertz CT molecular complexity index is 1330. The van der Waals surface area contributed by atoms with Gasteiger partial charge >= 0.3 is 5.97 Å². The van der Waals surface area contributed by atoms with E-state index in [0.717, 1.165) is 22.0 Å². The summed E-state index contributed by atoms with van der Waals surface area (Å²) in [4.78, 5) is 24.9. The number of ether oxygens (including phenoxy) is 3. The summed E-state index contributed by atoms with van der Waals surface area (Å²) in [6.07, 6.45) is 0.725. The number of nitrogens with zero attached hydrogens (tertiary/aromatic N) is 1. The number of anilines is 1. The van der Waals surface area contributed by atoms with E-state index >= 15 is 0 Å². The van der Waals surface area contributed by atoms with Crippen LogP contribution in [0.1, 0.15) is 26.3 Å². The number of ketones is 1. The molecule has 1 aliphatic heterocycles. The third kappa shape index (κ3) is 4.74. The zero-order valence-corrected chi connectivity index (χ0v) is 19.5. The zero-order valence-electron chi connectivity index (χ0n) is 18.7. The van der Waals surface area contributed by atoms with E-state index in [1.807, 2.05) is 0 Å². The molecule has 176 valence electrons. The van der Waals surface area contributed by atoms with Gasteiger partial charge in [0.05, 0.1) is 29.9 Å². The van der Waals surface area contributed by atoms with Crippen LogP contribution >= 0.6 is 0 Å². The van der Waals surface area contributed by atoms with Gasteiger partial charge < -0.3 is 14.2 Å². The standard InChI is InChI=1S/C25H23NO7S/c1-26(20-7-9-21(31-2)10-8-20)34(29,30)22-5-3-4-19(15-22)25(28)33-16-23(27)17-6-11-24-18(14-17)12-13-32-24/h3-11,14-15H,12-13,16H2,1-2H3. The Kier molecular flexibility index (Phi) is 6.56. The second kappa shape index (κ2) is 9.56. The Hall–Kier alpha value is -3.85. The molecular formula is C25H23NO7S. The molecule has 0 aromatic heterocycles. The Labute approximate surface area is 197 Å². The van der Waals surface area contributed by atoms with Gasteiger partial charge in [0.2, 0.25) is 0 Å². The van der Waals surface area contributed by atoms with Crippen molar-refractivity contribution in [1.29, 1.82) is 0 Å². The molecule has 4 rings (SSSR count). The molecule has 34 heavy (non-hydrogen) atoms. The van der Waals surface area contributed by atoms with E-state index in [9.17, 15) is 18.0 Å². The summed E-state index contributed by atoms with van der Waals surface area (Å²) < 4.78 is 43.0. The average Bonchev–Trinajstić information content (AvgIpc) is 3.34. The maximum atomic E-state index is 13.1. The van der Waals surface area contributed by atoms with Crippen molar-refractivity contribution in [3.63, 3.8) is 0 Å². The fourth-order valence-corrected chi connectivity index (χ4v) is 4.77. The number of hydrogen-bond acceptors (Lipinski definition) is 7. The van der Waals surface area contributed by atoms with Gasteiger partial charge in [-0.2, -0.15) is 0 Å². The first-order valence-corrected chi connectivity index (χ1v) is 11.9. The number of fused-ring (bicyclic) bond motifs is 1. The molecule has 0 aliphatic carbocycles. The molecule has 0 N–H and O–H groups in total. The van der Waals surface area contributed by atoms with Crippen molar-refractivity contribution in [3.05, 3.63) is 83.4 Å². The van der Waals surface area contributed by atoms with Crippen molar-refractivity contribution in [1.82, 2.24) is 0 Å². The molecule has 0 spiro atoms. The summed E-state index contributed by atoms with van der Waals surface area (Å²) in [5.41, 5.74) is 1.82. The van der Waals surface area contributed by atoms with Crippen LogP contribution in [0.15, 0.2) is 71.6 Å². The molecule has 0 unspecified atom stereocenters. The van der Waals surface area contributed by atoms with E-state index in [-0.39, 0.29) is 16.2 Å². The molecule has 3 aromatic rings. The summed E-state index contributed by atoms with van der Waals surface area (Å²) in [5.74, 6) is 0.210. The van der Waals surface area contributed by atoms with Crippen LogP contribution in [0.3, 0.4) is 0 Å². The number of benzene rings is 3. The summed E-state index contributed by atoms with van der Waals surface area (Å²) in [7, 11) is -1.00. The Morgan fingerprint density at radius 2 is 1.76 bits per heavy atom. The number of sulfonamides is 1. The van der Waals surface area contributed by atoms with Gasteiger partial charge in [-0.1, -0.05) is 6.07 Å². The lowest BCUT2D eigenvalue weighted by atomic mass is 10.1. The molecule has 0 bridgehead atoms. The number of carbonyl (C=O) groups is 2. The lowest BCUT2D eigenvalue weighted by Gasteiger charge is -2.20. The van der Waals surface area contributed by atoms with Crippen LogP contribution in [0.4, 0.5) is 5.69 Å². The highest BCUT2D eigenvalue weighted by Crippen LogP contribution is 2.27. The Balaban J connectivity index is 1.45. The lowest BCUT2D eigenvalue weighted by Crippen LogP contribution is -2.26. The molecule has 0 atom stereocenters. The first kappa shape index (κ1) is 23.3. The van der Waals surface area contributed by atoms with E-state index in [1.54, 1.807) is 42.5 Å². The molecule has 0 radical (unpaired) electrons. The van der Waals surface area contributed by atoms with Crippen LogP contribution in [-0.4, -0.2) is 47.5 Å². The fraction of sp³-hybridized carbons (Fsp3) is 0.200. The van der Waals surface area contributed by atoms with Gasteiger partial charge in [-0.25, -0.2) is 13.2 Å². The van der Waals surface area contributed by atoms with Crippen molar-refractivity contribution in [3.8, 4) is 11.5 Å². The van der Waals surface area contributed by atoms with Crippen LogP contribution in [0.5, 0.6) is 11.5 Å². The summed E-state index contributed by atoms with van der Waals surface area (Å²) >= 11 is 0. The van der Waals surface area contributed by atoms with Gasteiger partial charge in [-0.15, -0.1) is 0 Å². The van der Waals surface area contributed by atoms with Gasteiger partial charge in [0.15, 0.2) is 12.4 Å². The van der Waals surface area contributed by atoms with Crippen molar-refractivity contribution in [2.75, 3.05) is 31.7 Å². The second-order valence-corrected chi connectivity index (χ2v) is 9.59.